The van der Waals surface area contributed by atoms with E-state index in [1.54, 1.807) is 7.11 Å². The standard InChI is InChI=1S/C28H44N2O/c1-7-8-13-29-14-16-30(17-15-29)26-12-11-23(10-9-18-31-6)19-25(26)24-20-27(2,3)22-28(4,5)21-24/h11-12,19,24H,7-8,13-18,20-22H2,1-6H3. The minimum Gasteiger partial charge on any atom is -0.372 e. The number of hydrogen-bond acceptors (Lipinski definition) is 3. The molecule has 3 rings (SSSR count). The lowest BCUT2D eigenvalue weighted by Gasteiger charge is -2.46. The van der Waals surface area contributed by atoms with Crippen molar-refractivity contribution in [3.63, 3.8) is 0 Å². The predicted molar refractivity (Wildman–Crippen MR) is 133 cm³/mol. The smallest absolute Gasteiger partial charge is 0.107 e. The molecule has 172 valence electrons. The van der Waals surface area contributed by atoms with Gasteiger partial charge in [-0.05, 0) is 72.7 Å². The first-order chi connectivity index (χ1) is 14.7. The summed E-state index contributed by atoms with van der Waals surface area (Å²) in [6.07, 6.45) is 6.41. The molecule has 0 N–H and O–H groups in total. The number of benzene rings is 1. The fourth-order valence-corrected chi connectivity index (χ4v) is 6.12. The van der Waals surface area contributed by atoms with E-state index in [4.69, 9.17) is 4.74 Å². The molecule has 1 heterocycles. The van der Waals surface area contributed by atoms with Crippen LogP contribution in [-0.2, 0) is 4.74 Å². The van der Waals surface area contributed by atoms with Crippen LogP contribution in [0, 0.1) is 22.7 Å². The minimum atomic E-state index is 0.375. The largest absolute Gasteiger partial charge is 0.372 e. The van der Waals surface area contributed by atoms with Crippen LogP contribution >= 0.6 is 0 Å². The van der Waals surface area contributed by atoms with Gasteiger partial charge in [-0.25, -0.2) is 0 Å². The van der Waals surface area contributed by atoms with Gasteiger partial charge in [0.2, 0.25) is 0 Å². The summed E-state index contributed by atoms with van der Waals surface area (Å²) >= 11 is 0. The van der Waals surface area contributed by atoms with Crippen LogP contribution in [0.3, 0.4) is 0 Å². The van der Waals surface area contributed by atoms with Gasteiger partial charge in [0.1, 0.15) is 6.61 Å². The number of unbranched alkanes of at least 4 members (excludes halogenated alkanes) is 1. The second kappa shape index (κ2) is 10.4. The Kier molecular flexibility index (Phi) is 8.11. The van der Waals surface area contributed by atoms with Gasteiger partial charge in [0.05, 0.1) is 0 Å². The first-order valence-electron chi connectivity index (χ1n) is 12.3. The molecule has 0 bridgehead atoms. The van der Waals surface area contributed by atoms with Gasteiger partial charge in [0, 0.05) is 44.5 Å². The predicted octanol–water partition coefficient (Wildman–Crippen LogP) is 5.93. The summed E-state index contributed by atoms with van der Waals surface area (Å²) < 4.78 is 5.14. The van der Waals surface area contributed by atoms with Crippen LogP contribution in [0.4, 0.5) is 5.69 Å². The lowest BCUT2D eigenvalue weighted by Crippen LogP contribution is -2.47. The monoisotopic (exact) mass is 424 g/mol. The van der Waals surface area contributed by atoms with Crippen molar-refractivity contribution in [3.8, 4) is 11.8 Å². The molecular formula is C28H44N2O. The molecule has 3 heteroatoms. The number of hydrogen-bond donors (Lipinski definition) is 0. The normalized spacial score (nSPS) is 21.5. The Bertz CT molecular complexity index is 762. The maximum Gasteiger partial charge on any atom is 0.107 e. The molecule has 2 fully saturated rings. The van der Waals surface area contributed by atoms with Crippen molar-refractivity contribution in [2.24, 2.45) is 10.8 Å². The Morgan fingerprint density at radius 3 is 2.32 bits per heavy atom. The summed E-state index contributed by atoms with van der Waals surface area (Å²) in [5, 5.41) is 0. The minimum absolute atomic E-state index is 0.375. The Hall–Kier alpha value is -1.50. The fourth-order valence-electron chi connectivity index (χ4n) is 6.12. The quantitative estimate of drug-likeness (QED) is 0.527. The number of nitrogens with zero attached hydrogens (tertiary/aromatic N) is 2. The zero-order chi connectivity index (χ0) is 22.5. The van der Waals surface area contributed by atoms with Crippen LogP contribution < -0.4 is 4.90 Å². The molecule has 1 aromatic rings. The molecule has 1 aliphatic heterocycles. The molecule has 1 aliphatic carbocycles. The highest BCUT2D eigenvalue weighted by Crippen LogP contribution is 2.53. The van der Waals surface area contributed by atoms with Gasteiger partial charge in [-0.1, -0.05) is 52.9 Å². The molecule has 0 atom stereocenters. The van der Waals surface area contributed by atoms with Crippen molar-refractivity contribution in [2.45, 2.75) is 72.6 Å². The second-order valence-corrected chi connectivity index (χ2v) is 11.3. The van der Waals surface area contributed by atoms with Crippen molar-refractivity contribution in [1.29, 1.82) is 0 Å². The summed E-state index contributed by atoms with van der Waals surface area (Å²) in [5.74, 6) is 7.06. The molecular weight excluding hydrogens is 380 g/mol. The number of ether oxygens (including phenoxy) is 1. The Morgan fingerprint density at radius 1 is 1.03 bits per heavy atom. The van der Waals surface area contributed by atoms with Crippen molar-refractivity contribution >= 4 is 5.69 Å². The lowest BCUT2D eigenvalue weighted by atomic mass is 9.60. The number of rotatable bonds is 6. The van der Waals surface area contributed by atoms with Gasteiger partial charge in [-0.15, -0.1) is 0 Å². The maximum atomic E-state index is 5.14. The second-order valence-electron chi connectivity index (χ2n) is 11.3. The van der Waals surface area contributed by atoms with Crippen LogP contribution in [0.25, 0.3) is 0 Å². The highest BCUT2D eigenvalue weighted by Gasteiger charge is 2.40. The first-order valence-corrected chi connectivity index (χ1v) is 12.3. The summed E-state index contributed by atoms with van der Waals surface area (Å²) in [6.45, 7) is 18.4. The summed E-state index contributed by atoms with van der Waals surface area (Å²) in [7, 11) is 1.70. The van der Waals surface area contributed by atoms with Crippen LogP contribution in [0.1, 0.15) is 83.8 Å². The lowest BCUT2D eigenvalue weighted by molar-refractivity contribution is 0.0969. The number of anilines is 1. The van der Waals surface area contributed by atoms with Crippen LogP contribution in [-0.4, -0.2) is 51.3 Å². The molecule has 2 aliphatic rings. The van der Waals surface area contributed by atoms with E-state index >= 15 is 0 Å². The highest BCUT2D eigenvalue weighted by molar-refractivity contribution is 5.59. The molecule has 3 nitrogen and oxygen atoms in total. The van der Waals surface area contributed by atoms with E-state index in [1.165, 1.54) is 63.0 Å². The molecule has 0 radical (unpaired) electrons. The summed E-state index contributed by atoms with van der Waals surface area (Å²) in [6, 6.07) is 6.95. The van der Waals surface area contributed by atoms with Gasteiger partial charge in [-0.2, -0.15) is 0 Å². The van der Waals surface area contributed by atoms with Gasteiger partial charge >= 0.3 is 0 Å². The maximum absolute atomic E-state index is 5.14. The SMILES string of the molecule is CCCCN1CCN(c2ccc(C#CCOC)cc2C2CC(C)(C)CC(C)(C)C2)CC1. The van der Waals surface area contributed by atoms with E-state index < -0.39 is 0 Å². The number of piperazine rings is 1. The Morgan fingerprint density at radius 2 is 1.71 bits per heavy atom. The van der Waals surface area contributed by atoms with Crippen LogP contribution in [0.15, 0.2) is 18.2 Å². The zero-order valence-electron chi connectivity index (χ0n) is 20.9. The Labute approximate surface area is 191 Å². The molecule has 0 unspecified atom stereocenters. The van der Waals surface area contributed by atoms with Gasteiger partial charge in [0.25, 0.3) is 0 Å². The van der Waals surface area contributed by atoms with E-state index in [2.05, 4.69) is 74.5 Å². The highest BCUT2D eigenvalue weighted by atomic mass is 16.5. The molecule has 1 saturated heterocycles. The third-order valence-electron chi connectivity index (χ3n) is 7.01. The summed E-state index contributed by atoms with van der Waals surface area (Å²) in [4.78, 5) is 5.27. The van der Waals surface area contributed by atoms with Crippen molar-refractivity contribution in [3.05, 3.63) is 29.3 Å². The average molecular weight is 425 g/mol. The molecule has 0 aromatic heterocycles. The fraction of sp³-hybridized carbons (Fsp3) is 0.714. The van der Waals surface area contributed by atoms with Crippen molar-refractivity contribution in [2.75, 3.05) is 51.3 Å². The van der Waals surface area contributed by atoms with Gasteiger partial charge < -0.3 is 9.64 Å². The van der Waals surface area contributed by atoms with Gasteiger partial charge in [-0.3, -0.25) is 4.90 Å². The number of methoxy groups -OCH3 is 1. The third-order valence-corrected chi connectivity index (χ3v) is 7.01. The van der Waals surface area contributed by atoms with E-state index in [0.29, 0.717) is 23.4 Å². The van der Waals surface area contributed by atoms with Crippen LogP contribution in [0.5, 0.6) is 0 Å². The molecule has 0 amide bonds. The average Bonchev–Trinajstić information content (AvgIpc) is 2.70. The molecule has 1 saturated carbocycles. The first kappa shape index (κ1) is 24.1. The molecule has 0 spiro atoms. The molecule has 1 aromatic carbocycles. The van der Waals surface area contributed by atoms with Crippen molar-refractivity contribution in [1.82, 2.24) is 4.90 Å². The van der Waals surface area contributed by atoms with Crippen LogP contribution in [0.2, 0.25) is 0 Å². The summed E-state index contributed by atoms with van der Waals surface area (Å²) in [5.41, 5.74) is 4.84. The van der Waals surface area contributed by atoms with Crippen molar-refractivity contribution < 1.29 is 4.74 Å². The zero-order valence-corrected chi connectivity index (χ0v) is 20.9. The topological polar surface area (TPSA) is 15.7 Å². The molecule has 31 heavy (non-hydrogen) atoms. The van der Waals surface area contributed by atoms with E-state index in [0.717, 1.165) is 18.7 Å². The third kappa shape index (κ3) is 6.74. The Balaban J connectivity index is 1.88. The van der Waals surface area contributed by atoms with Gasteiger partial charge in [0.15, 0.2) is 0 Å². The van der Waals surface area contributed by atoms with E-state index in [1.807, 2.05) is 0 Å². The van der Waals surface area contributed by atoms with E-state index in [9.17, 15) is 0 Å². The van der Waals surface area contributed by atoms with E-state index in [-0.39, 0.29) is 0 Å².